The Morgan fingerprint density at radius 1 is 0.971 bits per heavy atom. The summed E-state index contributed by atoms with van der Waals surface area (Å²) in [5.41, 5.74) is 2.21. The Morgan fingerprint density at radius 3 is 2.31 bits per heavy atom. The number of amides is 1. The largest absolute Gasteiger partial charge is 0.460 e. The standard InChI is InChI=1S/C25H23N3O6S/c1-2-33-25(30)22-11-12-23(34-22)35(31,32)28-15-13-27(14-16-28)24(29)21-10-6-5-9-20(21)19-8-4-3-7-18(19)17-26/h3-12H,2,13-16H2,1H3. The highest BCUT2D eigenvalue weighted by molar-refractivity contribution is 7.89. The number of benzene rings is 2. The highest BCUT2D eigenvalue weighted by atomic mass is 32.2. The molecule has 35 heavy (non-hydrogen) atoms. The molecule has 1 aliphatic heterocycles. The Balaban J connectivity index is 1.50. The summed E-state index contributed by atoms with van der Waals surface area (Å²) in [6.07, 6.45) is 0. The second kappa shape index (κ2) is 10.1. The minimum Gasteiger partial charge on any atom is -0.460 e. The van der Waals surface area contributed by atoms with Gasteiger partial charge in [-0.2, -0.15) is 9.57 Å². The van der Waals surface area contributed by atoms with Crippen LogP contribution in [-0.2, 0) is 14.8 Å². The van der Waals surface area contributed by atoms with Crippen LogP contribution in [0.5, 0.6) is 0 Å². The molecule has 0 radical (unpaired) electrons. The van der Waals surface area contributed by atoms with E-state index in [2.05, 4.69) is 6.07 Å². The van der Waals surface area contributed by atoms with E-state index in [9.17, 15) is 23.3 Å². The maximum atomic E-state index is 13.4. The molecule has 4 rings (SSSR count). The minimum atomic E-state index is -3.98. The fourth-order valence-electron chi connectivity index (χ4n) is 3.92. The lowest BCUT2D eigenvalue weighted by Gasteiger charge is -2.33. The third-order valence-corrected chi connectivity index (χ3v) is 7.45. The average molecular weight is 494 g/mol. The molecule has 0 unspecified atom stereocenters. The van der Waals surface area contributed by atoms with Gasteiger partial charge in [0.05, 0.1) is 18.2 Å². The lowest BCUT2D eigenvalue weighted by Crippen LogP contribution is -2.50. The zero-order valence-corrected chi connectivity index (χ0v) is 19.8. The van der Waals surface area contributed by atoms with Crippen molar-refractivity contribution >= 4 is 21.9 Å². The summed E-state index contributed by atoms with van der Waals surface area (Å²) < 4.78 is 37.3. The van der Waals surface area contributed by atoms with Crippen LogP contribution in [0.3, 0.4) is 0 Å². The Hall–Kier alpha value is -3.94. The van der Waals surface area contributed by atoms with Crippen LogP contribution in [-0.4, -0.2) is 62.3 Å². The summed E-state index contributed by atoms with van der Waals surface area (Å²) >= 11 is 0. The van der Waals surface area contributed by atoms with Crippen molar-refractivity contribution in [3.63, 3.8) is 0 Å². The first-order chi connectivity index (χ1) is 16.9. The van der Waals surface area contributed by atoms with Crippen molar-refractivity contribution in [3.05, 3.63) is 77.6 Å². The van der Waals surface area contributed by atoms with Gasteiger partial charge in [-0.25, -0.2) is 13.2 Å². The molecule has 1 saturated heterocycles. The summed E-state index contributed by atoms with van der Waals surface area (Å²) in [5.74, 6) is -1.16. The number of piperazine rings is 1. The zero-order valence-electron chi connectivity index (χ0n) is 19.0. The summed E-state index contributed by atoms with van der Waals surface area (Å²) in [6.45, 7) is 2.28. The highest BCUT2D eigenvalue weighted by Crippen LogP contribution is 2.28. The molecule has 0 saturated carbocycles. The van der Waals surface area contributed by atoms with Crippen LogP contribution in [0.1, 0.15) is 33.4 Å². The van der Waals surface area contributed by atoms with Crippen molar-refractivity contribution in [3.8, 4) is 17.2 Å². The van der Waals surface area contributed by atoms with Gasteiger partial charge in [0.25, 0.3) is 15.9 Å². The van der Waals surface area contributed by atoms with Gasteiger partial charge in [0.2, 0.25) is 10.9 Å². The number of sulfonamides is 1. The number of hydrogen-bond donors (Lipinski definition) is 0. The van der Waals surface area contributed by atoms with E-state index in [1.54, 1.807) is 54.3 Å². The van der Waals surface area contributed by atoms with Crippen molar-refractivity contribution in [1.29, 1.82) is 5.26 Å². The Labute approximate surface area is 203 Å². The monoisotopic (exact) mass is 493 g/mol. The predicted octanol–water partition coefficient (Wildman–Crippen LogP) is 3.14. The van der Waals surface area contributed by atoms with Gasteiger partial charge >= 0.3 is 5.97 Å². The van der Waals surface area contributed by atoms with Crippen LogP contribution < -0.4 is 0 Å². The van der Waals surface area contributed by atoms with Gasteiger partial charge < -0.3 is 14.1 Å². The molecular formula is C25H23N3O6S. The van der Waals surface area contributed by atoms with Crippen molar-refractivity contribution in [2.45, 2.75) is 12.0 Å². The second-order valence-corrected chi connectivity index (χ2v) is 9.61. The molecule has 0 bridgehead atoms. The number of esters is 1. The van der Waals surface area contributed by atoms with Gasteiger partial charge in [-0.15, -0.1) is 0 Å². The van der Waals surface area contributed by atoms with Crippen molar-refractivity contribution in [2.24, 2.45) is 0 Å². The van der Waals surface area contributed by atoms with Crippen LogP contribution in [0.15, 0.2) is 70.2 Å². The van der Waals surface area contributed by atoms with Gasteiger partial charge in [0, 0.05) is 37.3 Å². The van der Waals surface area contributed by atoms with E-state index in [-0.39, 0.29) is 49.5 Å². The predicted molar refractivity (Wildman–Crippen MR) is 126 cm³/mol. The zero-order chi connectivity index (χ0) is 25.0. The fraction of sp³-hybridized carbons (Fsp3) is 0.240. The summed E-state index contributed by atoms with van der Waals surface area (Å²) in [4.78, 5) is 26.8. The maximum Gasteiger partial charge on any atom is 0.374 e. The number of nitriles is 1. The molecule has 0 N–H and O–H groups in total. The molecule has 2 aromatic carbocycles. The Bertz CT molecular complexity index is 1400. The summed E-state index contributed by atoms with van der Waals surface area (Å²) in [6, 6.07) is 18.8. The normalized spacial score (nSPS) is 14.3. The van der Waals surface area contributed by atoms with E-state index in [0.29, 0.717) is 22.3 Å². The molecule has 0 spiro atoms. The number of rotatable bonds is 6. The van der Waals surface area contributed by atoms with Gasteiger partial charge in [-0.3, -0.25) is 4.79 Å². The first kappa shape index (κ1) is 24.2. The van der Waals surface area contributed by atoms with Gasteiger partial charge in [0.15, 0.2) is 0 Å². The second-order valence-electron chi connectivity index (χ2n) is 7.74. The maximum absolute atomic E-state index is 13.4. The lowest BCUT2D eigenvalue weighted by molar-refractivity contribution is 0.0483. The third-order valence-electron chi connectivity index (χ3n) is 5.67. The van der Waals surface area contributed by atoms with E-state index in [0.717, 1.165) is 0 Å². The minimum absolute atomic E-state index is 0.0699. The third kappa shape index (κ3) is 4.82. The van der Waals surface area contributed by atoms with Crippen LogP contribution >= 0.6 is 0 Å². The number of hydrogen-bond acceptors (Lipinski definition) is 7. The Morgan fingerprint density at radius 2 is 1.63 bits per heavy atom. The van der Waals surface area contributed by atoms with E-state index in [1.807, 2.05) is 6.07 Å². The summed E-state index contributed by atoms with van der Waals surface area (Å²) in [5, 5.41) is 9.13. The number of ether oxygens (including phenoxy) is 1. The van der Waals surface area contributed by atoms with E-state index in [1.165, 1.54) is 16.4 Å². The smallest absolute Gasteiger partial charge is 0.374 e. The van der Waals surface area contributed by atoms with Crippen LogP contribution in [0, 0.1) is 11.3 Å². The quantitative estimate of drug-likeness (QED) is 0.484. The number of carbonyl (C=O) groups is 2. The highest BCUT2D eigenvalue weighted by Gasteiger charge is 2.33. The van der Waals surface area contributed by atoms with Gasteiger partial charge in [-0.05, 0) is 36.8 Å². The van der Waals surface area contributed by atoms with Crippen molar-refractivity contribution in [1.82, 2.24) is 9.21 Å². The lowest BCUT2D eigenvalue weighted by atomic mass is 9.95. The molecule has 0 aliphatic carbocycles. The topological polar surface area (TPSA) is 121 Å². The van der Waals surface area contributed by atoms with Crippen LogP contribution in [0.2, 0.25) is 0 Å². The number of carbonyl (C=O) groups excluding carboxylic acids is 2. The Kier molecular flexibility index (Phi) is 7.00. The van der Waals surface area contributed by atoms with E-state index < -0.39 is 16.0 Å². The van der Waals surface area contributed by atoms with Crippen molar-refractivity contribution in [2.75, 3.05) is 32.8 Å². The van der Waals surface area contributed by atoms with Gasteiger partial charge in [0.1, 0.15) is 0 Å². The first-order valence-corrected chi connectivity index (χ1v) is 12.5. The number of nitrogens with zero attached hydrogens (tertiary/aromatic N) is 3. The molecule has 1 amide bonds. The van der Waals surface area contributed by atoms with Crippen LogP contribution in [0.25, 0.3) is 11.1 Å². The van der Waals surface area contributed by atoms with Crippen molar-refractivity contribution < 1.29 is 27.2 Å². The summed E-state index contributed by atoms with van der Waals surface area (Å²) in [7, 11) is -3.98. The molecule has 180 valence electrons. The molecule has 3 aromatic rings. The molecule has 1 aliphatic rings. The SMILES string of the molecule is CCOC(=O)c1ccc(S(=O)(=O)N2CCN(C(=O)c3ccccc3-c3ccccc3C#N)CC2)o1. The average Bonchev–Trinajstić information content (AvgIpc) is 3.40. The molecule has 0 atom stereocenters. The van der Waals surface area contributed by atoms with Gasteiger partial charge in [-0.1, -0.05) is 36.4 Å². The molecule has 9 nitrogen and oxygen atoms in total. The first-order valence-electron chi connectivity index (χ1n) is 11.0. The number of furan rings is 1. The molecule has 1 fully saturated rings. The van der Waals surface area contributed by atoms with E-state index >= 15 is 0 Å². The molecular weight excluding hydrogens is 470 g/mol. The molecule has 1 aromatic heterocycles. The molecule has 10 heteroatoms. The van der Waals surface area contributed by atoms with Crippen LogP contribution in [0.4, 0.5) is 0 Å². The van der Waals surface area contributed by atoms with E-state index in [4.69, 9.17) is 9.15 Å². The fourth-order valence-corrected chi connectivity index (χ4v) is 5.25. The molecule has 2 heterocycles.